The molecular weight excluding hydrogens is 313 g/mol. The van der Waals surface area contributed by atoms with E-state index in [9.17, 15) is 8.78 Å². The Labute approximate surface area is 124 Å². The highest BCUT2D eigenvalue weighted by Crippen LogP contribution is 2.36. The smallest absolute Gasteiger partial charge is 0.160 e. The van der Waals surface area contributed by atoms with Gasteiger partial charge in [-0.05, 0) is 41.8 Å². The zero-order chi connectivity index (χ0) is 14.2. The molecule has 2 aromatic rings. The molecule has 0 nitrogen and oxygen atoms in total. The van der Waals surface area contributed by atoms with Crippen molar-refractivity contribution in [3.8, 4) is 0 Å². The third-order valence-corrected chi connectivity index (χ3v) is 4.02. The van der Waals surface area contributed by atoms with Crippen LogP contribution in [-0.4, -0.2) is 0 Å². The molecule has 1 atom stereocenters. The van der Waals surface area contributed by atoms with Crippen molar-refractivity contribution in [2.75, 3.05) is 0 Å². The van der Waals surface area contributed by atoms with Gasteiger partial charge in [-0.25, -0.2) is 8.78 Å². The molecule has 0 radical (unpaired) electrons. The molecule has 0 bridgehead atoms. The van der Waals surface area contributed by atoms with Crippen molar-refractivity contribution < 1.29 is 8.78 Å². The average Bonchev–Trinajstić information content (AvgIpc) is 2.36. The van der Waals surface area contributed by atoms with Crippen molar-refractivity contribution in [1.29, 1.82) is 0 Å². The lowest BCUT2D eigenvalue weighted by molar-refractivity contribution is 0.507. The molecule has 0 fully saturated rings. The second-order valence-corrected chi connectivity index (χ2v) is 5.41. The predicted molar refractivity (Wildman–Crippen MR) is 75.3 cm³/mol. The van der Waals surface area contributed by atoms with E-state index in [0.29, 0.717) is 16.1 Å². The predicted octanol–water partition coefficient (Wildman–Crippen LogP) is 5.91. The van der Waals surface area contributed by atoms with Crippen molar-refractivity contribution in [3.63, 3.8) is 0 Å². The summed E-state index contributed by atoms with van der Waals surface area (Å²) in [6.45, 7) is 1.86. The van der Waals surface area contributed by atoms with Gasteiger partial charge in [0.05, 0.1) is 5.38 Å². The molecule has 0 heterocycles. The fraction of sp³-hybridized carbons (Fsp3) is 0.143. The van der Waals surface area contributed by atoms with E-state index in [-0.39, 0.29) is 5.02 Å². The quantitative estimate of drug-likeness (QED) is 0.476. The van der Waals surface area contributed by atoms with Crippen LogP contribution in [-0.2, 0) is 0 Å². The van der Waals surface area contributed by atoms with E-state index in [1.54, 1.807) is 18.2 Å². The lowest BCUT2D eigenvalue weighted by atomic mass is 10.0. The molecule has 0 aliphatic rings. The topological polar surface area (TPSA) is 0 Å². The minimum Gasteiger partial charge on any atom is -0.204 e. The fourth-order valence-corrected chi connectivity index (χ4v) is 2.50. The van der Waals surface area contributed by atoms with E-state index in [0.717, 1.165) is 17.7 Å². The molecule has 2 rings (SSSR count). The van der Waals surface area contributed by atoms with Crippen LogP contribution in [0, 0.1) is 18.6 Å². The van der Waals surface area contributed by atoms with Gasteiger partial charge in [0.1, 0.15) is 0 Å². The highest BCUT2D eigenvalue weighted by atomic mass is 35.5. The van der Waals surface area contributed by atoms with Crippen LogP contribution in [0.15, 0.2) is 30.3 Å². The third kappa shape index (κ3) is 3.02. The summed E-state index contributed by atoms with van der Waals surface area (Å²) in [4.78, 5) is 0. The molecule has 0 N–H and O–H groups in total. The van der Waals surface area contributed by atoms with Gasteiger partial charge >= 0.3 is 0 Å². The second-order valence-electron chi connectivity index (χ2n) is 4.16. The summed E-state index contributed by atoms with van der Waals surface area (Å²) in [5.41, 5.74) is 1.89. The van der Waals surface area contributed by atoms with Crippen LogP contribution in [0.5, 0.6) is 0 Å². The Morgan fingerprint density at radius 3 is 2.21 bits per heavy atom. The van der Waals surface area contributed by atoms with Crippen LogP contribution in [0.3, 0.4) is 0 Å². The molecule has 0 amide bonds. The number of aryl methyl sites for hydroxylation is 1. The lowest BCUT2D eigenvalue weighted by Gasteiger charge is -2.13. The number of alkyl halides is 1. The molecule has 5 heteroatoms. The van der Waals surface area contributed by atoms with Crippen molar-refractivity contribution in [3.05, 3.63) is 68.7 Å². The normalized spacial score (nSPS) is 12.5. The Bertz CT molecular complexity index is 626. The van der Waals surface area contributed by atoms with Gasteiger partial charge in [0.2, 0.25) is 0 Å². The van der Waals surface area contributed by atoms with Gasteiger partial charge in [0, 0.05) is 10.0 Å². The first-order valence-electron chi connectivity index (χ1n) is 5.44. The van der Waals surface area contributed by atoms with Crippen LogP contribution in [0.25, 0.3) is 0 Å². The van der Waals surface area contributed by atoms with Crippen LogP contribution in [0.4, 0.5) is 8.78 Å². The highest BCUT2D eigenvalue weighted by Gasteiger charge is 2.18. The summed E-state index contributed by atoms with van der Waals surface area (Å²) in [7, 11) is 0. The Hall–Kier alpha value is -0.830. The van der Waals surface area contributed by atoms with Gasteiger partial charge < -0.3 is 0 Å². The molecule has 1 unspecified atom stereocenters. The maximum Gasteiger partial charge on any atom is 0.160 e. The zero-order valence-corrected chi connectivity index (χ0v) is 12.1. The van der Waals surface area contributed by atoms with E-state index < -0.39 is 17.0 Å². The lowest BCUT2D eigenvalue weighted by Crippen LogP contribution is -1.98. The van der Waals surface area contributed by atoms with E-state index in [2.05, 4.69) is 0 Å². The van der Waals surface area contributed by atoms with E-state index in [1.807, 2.05) is 6.92 Å². The minimum atomic E-state index is -1.00. The summed E-state index contributed by atoms with van der Waals surface area (Å²) >= 11 is 18.2. The Balaban J connectivity index is 2.46. The molecule has 0 saturated carbocycles. The second kappa shape index (κ2) is 5.66. The Kier molecular flexibility index (Phi) is 4.34. The fourth-order valence-electron chi connectivity index (χ4n) is 1.68. The summed E-state index contributed by atoms with van der Waals surface area (Å²) in [6, 6.07) is 7.18. The first-order valence-corrected chi connectivity index (χ1v) is 6.64. The third-order valence-electron chi connectivity index (χ3n) is 2.80. The van der Waals surface area contributed by atoms with Crippen molar-refractivity contribution in [2.24, 2.45) is 0 Å². The maximum absolute atomic E-state index is 13.3. The van der Waals surface area contributed by atoms with Crippen molar-refractivity contribution >= 4 is 34.8 Å². The first kappa shape index (κ1) is 14.6. The zero-order valence-electron chi connectivity index (χ0n) is 9.85. The van der Waals surface area contributed by atoms with E-state index in [1.165, 1.54) is 0 Å². The monoisotopic (exact) mass is 320 g/mol. The molecule has 0 aliphatic carbocycles. The molecule has 0 aromatic heterocycles. The SMILES string of the molecule is Cc1ccc(C(Cl)c2cc(F)c(F)cc2Cl)cc1Cl. The van der Waals surface area contributed by atoms with Gasteiger partial charge in [0.25, 0.3) is 0 Å². The van der Waals surface area contributed by atoms with Crippen molar-refractivity contribution in [1.82, 2.24) is 0 Å². The van der Waals surface area contributed by atoms with Crippen LogP contribution in [0.2, 0.25) is 10.0 Å². The number of hydrogen-bond acceptors (Lipinski definition) is 0. The van der Waals surface area contributed by atoms with Crippen LogP contribution < -0.4 is 0 Å². The van der Waals surface area contributed by atoms with Crippen LogP contribution >= 0.6 is 34.8 Å². The van der Waals surface area contributed by atoms with Gasteiger partial charge in [0.15, 0.2) is 11.6 Å². The van der Waals surface area contributed by atoms with Crippen molar-refractivity contribution in [2.45, 2.75) is 12.3 Å². The van der Waals surface area contributed by atoms with Gasteiger partial charge in [-0.15, -0.1) is 11.6 Å². The van der Waals surface area contributed by atoms with Gasteiger partial charge in [-0.3, -0.25) is 0 Å². The van der Waals surface area contributed by atoms with E-state index in [4.69, 9.17) is 34.8 Å². The average molecular weight is 322 g/mol. The summed E-state index contributed by atoms with van der Waals surface area (Å²) in [5.74, 6) is -1.98. The number of halogens is 5. The first-order chi connectivity index (χ1) is 8.90. The number of rotatable bonds is 2. The highest BCUT2D eigenvalue weighted by molar-refractivity contribution is 6.33. The summed E-state index contributed by atoms with van der Waals surface area (Å²) in [6.07, 6.45) is 0. The van der Waals surface area contributed by atoms with Gasteiger partial charge in [-0.2, -0.15) is 0 Å². The van der Waals surface area contributed by atoms with Crippen LogP contribution in [0.1, 0.15) is 22.1 Å². The maximum atomic E-state index is 13.3. The number of benzene rings is 2. The Morgan fingerprint density at radius 2 is 1.58 bits per heavy atom. The summed E-state index contributed by atoms with van der Waals surface area (Å²) in [5, 5.41) is -0.0573. The molecule has 0 aliphatic heterocycles. The standard InChI is InChI=1S/C14H9Cl3F2/c1-7-2-3-8(4-10(7)15)14(17)9-5-12(18)13(19)6-11(9)16/h2-6,14H,1H3. The largest absolute Gasteiger partial charge is 0.204 e. The molecule has 2 aromatic carbocycles. The molecule has 19 heavy (non-hydrogen) atoms. The minimum absolute atomic E-state index is 0.0793. The summed E-state index contributed by atoms with van der Waals surface area (Å²) < 4.78 is 26.3. The number of hydrogen-bond donors (Lipinski definition) is 0. The van der Waals surface area contributed by atoms with E-state index >= 15 is 0 Å². The van der Waals surface area contributed by atoms with Gasteiger partial charge in [-0.1, -0.05) is 35.3 Å². The Morgan fingerprint density at radius 1 is 0.947 bits per heavy atom. The molecule has 0 spiro atoms. The molecule has 0 saturated heterocycles. The molecular formula is C14H9Cl3F2. The molecule has 100 valence electrons.